The highest BCUT2D eigenvalue weighted by Gasteiger charge is 2.35. The average Bonchev–Trinajstić information content (AvgIpc) is 3.23. The fraction of sp³-hybridized carbons (Fsp3) is 0.421. The topological polar surface area (TPSA) is 88.6 Å². The van der Waals surface area contributed by atoms with Gasteiger partial charge in [0.2, 0.25) is 5.95 Å². The molecule has 2 aliphatic rings. The Bertz CT molecular complexity index is 1010. The highest BCUT2D eigenvalue weighted by Crippen LogP contribution is 2.40. The summed E-state index contributed by atoms with van der Waals surface area (Å²) in [6.07, 6.45) is -3.67. The van der Waals surface area contributed by atoms with E-state index in [1.165, 1.54) is 11.9 Å². The summed E-state index contributed by atoms with van der Waals surface area (Å²) < 4.78 is 65.0. The van der Waals surface area contributed by atoms with Gasteiger partial charge in [-0.25, -0.2) is 9.37 Å². The highest BCUT2D eigenvalue weighted by molar-refractivity contribution is 5.98. The Balaban J connectivity index is 1.67. The number of benzene rings is 1. The van der Waals surface area contributed by atoms with Crippen molar-refractivity contribution >= 4 is 23.4 Å². The minimum Gasteiger partial charge on any atom is -0.491 e. The van der Waals surface area contributed by atoms with Gasteiger partial charge >= 0.3 is 6.18 Å². The van der Waals surface area contributed by atoms with Crippen molar-refractivity contribution in [1.82, 2.24) is 14.9 Å². The molecule has 0 aliphatic carbocycles. The number of hydrogen-bond donors (Lipinski definition) is 2. The molecule has 1 aromatic heterocycles. The van der Waals surface area contributed by atoms with Gasteiger partial charge in [0.25, 0.3) is 5.91 Å². The predicted molar refractivity (Wildman–Crippen MR) is 102 cm³/mol. The van der Waals surface area contributed by atoms with E-state index in [1.54, 1.807) is 0 Å². The quantitative estimate of drug-likeness (QED) is 0.706. The van der Waals surface area contributed by atoms with Crippen LogP contribution in [-0.2, 0) is 17.3 Å². The Morgan fingerprint density at radius 3 is 2.65 bits per heavy atom. The van der Waals surface area contributed by atoms with Crippen LogP contribution in [0.4, 0.5) is 35.0 Å². The third-order valence-electron chi connectivity index (χ3n) is 5.02. The largest absolute Gasteiger partial charge is 0.491 e. The molecule has 0 saturated carbocycles. The molecule has 2 N–H and O–H groups in total. The fourth-order valence-corrected chi connectivity index (χ4v) is 3.55. The lowest BCUT2D eigenvalue weighted by Gasteiger charge is -2.27. The molecule has 1 amide bonds. The van der Waals surface area contributed by atoms with Gasteiger partial charge in [-0.05, 0) is 0 Å². The summed E-state index contributed by atoms with van der Waals surface area (Å²) in [6.45, 7) is 1.72. The normalized spacial score (nSPS) is 16.0. The predicted octanol–water partition coefficient (Wildman–Crippen LogP) is 2.83. The van der Waals surface area contributed by atoms with Crippen LogP contribution < -0.4 is 15.4 Å². The molecular weight excluding hydrogens is 422 g/mol. The number of hydrogen-bond acceptors (Lipinski definition) is 7. The Morgan fingerprint density at radius 2 is 1.97 bits per heavy atom. The number of aromatic nitrogens is 2. The fourth-order valence-electron chi connectivity index (χ4n) is 3.55. The molecule has 1 aromatic carbocycles. The lowest BCUT2D eigenvalue weighted by Crippen LogP contribution is -2.41. The van der Waals surface area contributed by atoms with E-state index in [0.717, 1.165) is 6.07 Å². The molecule has 31 heavy (non-hydrogen) atoms. The molecule has 2 aliphatic heterocycles. The lowest BCUT2D eigenvalue weighted by molar-refractivity contribution is -0.137. The van der Waals surface area contributed by atoms with E-state index in [1.807, 2.05) is 0 Å². The van der Waals surface area contributed by atoms with Crippen molar-refractivity contribution in [3.05, 3.63) is 34.8 Å². The molecule has 12 heteroatoms. The molecule has 0 radical (unpaired) electrons. The van der Waals surface area contributed by atoms with Crippen molar-refractivity contribution < 1.29 is 31.8 Å². The monoisotopic (exact) mass is 441 g/mol. The molecule has 0 spiro atoms. The number of anilines is 3. The van der Waals surface area contributed by atoms with E-state index in [9.17, 15) is 18.0 Å². The van der Waals surface area contributed by atoms with E-state index < -0.39 is 29.3 Å². The molecule has 0 unspecified atom stereocenters. The number of nitrogens with one attached hydrogen (secondary N) is 2. The lowest BCUT2D eigenvalue weighted by atomic mass is 10.0. The van der Waals surface area contributed by atoms with Crippen molar-refractivity contribution in [2.75, 3.05) is 50.6 Å². The summed E-state index contributed by atoms with van der Waals surface area (Å²) in [5.74, 6) is -1.56. The van der Waals surface area contributed by atoms with E-state index in [-0.39, 0.29) is 29.6 Å². The number of amides is 1. The van der Waals surface area contributed by atoms with Crippen LogP contribution in [0.2, 0.25) is 0 Å². The van der Waals surface area contributed by atoms with Gasteiger partial charge < -0.3 is 25.0 Å². The molecule has 2 aromatic rings. The zero-order valence-electron chi connectivity index (χ0n) is 16.5. The first-order chi connectivity index (χ1) is 14.8. The molecule has 4 rings (SSSR count). The van der Waals surface area contributed by atoms with Crippen LogP contribution in [0.25, 0.3) is 0 Å². The number of ether oxygens (including phenoxy) is 2. The van der Waals surface area contributed by atoms with Gasteiger partial charge in [0.15, 0.2) is 0 Å². The molecule has 1 fully saturated rings. The summed E-state index contributed by atoms with van der Waals surface area (Å²) in [5, 5.41) is 5.08. The minimum absolute atomic E-state index is 0.0656. The van der Waals surface area contributed by atoms with Crippen molar-refractivity contribution in [1.29, 1.82) is 0 Å². The second-order valence-electron chi connectivity index (χ2n) is 6.92. The number of rotatable bonds is 4. The van der Waals surface area contributed by atoms with Crippen LogP contribution >= 0.6 is 0 Å². The molecule has 166 valence electrons. The first-order valence-electron chi connectivity index (χ1n) is 9.53. The van der Waals surface area contributed by atoms with Gasteiger partial charge in [-0.15, -0.1) is 0 Å². The number of nitrogens with zero attached hydrogens (tertiary/aromatic N) is 3. The van der Waals surface area contributed by atoms with Gasteiger partial charge in [-0.1, -0.05) is 0 Å². The maximum absolute atomic E-state index is 15.0. The maximum atomic E-state index is 15.0. The first-order valence-corrected chi connectivity index (χ1v) is 9.53. The standard InChI is InChI=1S/C19H19F4N5O3/c1-24-16-11(19(21,22)23)9-25-18(27-16)26-13-8-12(20)14(10-2-5-31-15(10)13)17(29)28-3-6-30-7-4-28/h8-9H,2-7H2,1H3,(H2,24,25,26,27). The molecule has 0 atom stereocenters. The van der Waals surface area contributed by atoms with Crippen LogP contribution in [0.1, 0.15) is 21.5 Å². The maximum Gasteiger partial charge on any atom is 0.421 e. The molecule has 1 saturated heterocycles. The second kappa shape index (κ2) is 8.17. The van der Waals surface area contributed by atoms with Crippen molar-refractivity contribution in [2.24, 2.45) is 0 Å². The second-order valence-corrected chi connectivity index (χ2v) is 6.92. The Hall–Kier alpha value is -3.15. The van der Waals surface area contributed by atoms with E-state index in [0.29, 0.717) is 44.5 Å². The Labute approximate surface area is 174 Å². The smallest absolute Gasteiger partial charge is 0.421 e. The van der Waals surface area contributed by atoms with Gasteiger partial charge in [0.1, 0.15) is 22.9 Å². The molecule has 0 bridgehead atoms. The summed E-state index contributed by atoms with van der Waals surface area (Å²) in [4.78, 5) is 21.9. The number of halogens is 4. The highest BCUT2D eigenvalue weighted by atomic mass is 19.4. The van der Waals surface area contributed by atoms with Crippen molar-refractivity contribution in [3.63, 3.8) is 0 Å². The third-order valence-corrected chi connectivity index (χ3v) is 5.02. The molecule has 8 nitrogen and oxygen atoms in total. The third kappa shape index (κ3) is 4.07. The zero-order chi connectivity index (χ0) is 22.2. The summed E-state index contributed by atoms with van der Waals surface area (Å²) in [7, 11) is 1.30. The van der Waals surface area contributed by atoms with Crippen molar-refractivity contribution in [3.8, 4) is 5.75 Å². The van der Waals surface area contributed by atoms with Gasteiger partial charge in [0, 0.05) is 44.4 Å². The van der Waals surface area contributed by atoms with Crippen LogP contribution in [0.3, 0.4) is 0 Å². The van der Waals surface area contributed by atoms with E-state index in [2.05, 4.69) is 20.6 Å². The van der Waals surface area contributed by atoms with Crippen LogP contribution in [-0.4, -0.2) is 60.7 Å². The van der Waals surface area contributed by atoms with Crippen LogP contribution in [0.5, 0.6) is 5.75 Å². The van der Waals surface area contributed by atoms with Crippen LogP contribution in [0, 0.1) is 5.82 Å². The molecule has 3 heterocycles. The number of carbonyl (C=O) groups is 1. The van der Waals surface area contributed by atoms with Gasteiger partial charge in [0.05, 0.1) is 31.1 Å². The SMILES string of the molecule is CNc1nc(Nc2cc(F)c(C(=O)N3CCOCC3)c3c2OCC3)ncc1C(F)(F)F. The van der Waals surface area contributed by atoms with Gasteiger partial charge in [-0.2, -0.15) is 18.2 Å². The summed E-state index contributed by atoms with van der Waals surface area (Å²) in [5.41, 5.74) is -0.561. The number of carbonyl (C=O) groups excluding carboxylic acids is 1. The van der Waals surface area contributed by atoms with Crippen LogP contribution in [0.15, 0.2) is 12.3 Å². The summed E-state index contributed by atoms with van der Waals surface area (Å²) in [6, 6.07) is 1.07. The Kier molecular flexibility index (Phi) is 5.56. The number of morpholine rings is 1. The zero-order valence-corrected chi connectivity index (χ0v) is 16.5. The number of fused-ring (bicyclic) bond motifs is 1. The summed E-state index contributed by atoms with van der Waals surface area (Å²) >= 11 is 0. The van der Waals surface area contributed by atoms with E-state index in [4.69, 9.17) is 9.47 Å². The van der Waals surface area contributed by atoms with Crippen molar-refractivity contribution in [2.45, 2.75) is 12.6 Å². The molecular formula is C19H19F4N5O3. The minimum atomic E-state index is -4.63. The van der Waals surface area contributed by atoms with E-state index >= 15 is 4.39 Å². The number of alkyl halides is 3. The van der Waals surface area contributed by atoms with Gasteiger partial charge in [-0.3, -0.25) is 4.79 Å². The average molecular weight is 441 g/mol. The Morgan fingerprint density at radius 1 is 1.23 bits per heavy atom. The first kappa shape index (κ1) is 21.1.